The highest BCUT2D eigenvalue weighted by Crippen LogP contribution is 2.07. The van der Waals surface area contributed by atoms with Gasteiger partial charge < -0.3 is 15.5 Å². The smallest absolute Gasteiger partial charge is 0.234 e. The van der Waals surface area contributed by atoms with Crippen molar-refractivity contribution in [3.05, 3.63) is 0 Å². The minimum Gasteiger partial charge on any atom is -0.356 e. The lowest BCUT2D eigenvalue weighted by molar-refractivity contribution is -0.123. The third-order valence-corrected chi connectivity index (χ3v) is 4.40. The third-order valence-electron chi connectivity index (χ3n) is 4.40. The number of piperazine rings is 1. The Morgan fingerprint density at radius 2 is 1.71 bits per heavy atom. The van der Waals surface area contributed by atoms with E-state index in [2.05, 4.69) is 39.3 Å². The minimum absolute atomic E-state index is 0. The van der Waals surface area contributed by atoms with E-state index in [1.54, 1.807) is 0 Å². The molecule has 1 aliphatic heterocycles. The van der Waals surface area contributed by atoms with Gasteiger partial charge in [-0.25, -0.2) is 0 Å². The van der Waals surface area contributed by atoms with E-state index in [1.807, 2.05) is 20.9 Å². The van der Waals surface area contributed by atoms with Gasteiger partial charge >= 0.3 is 0 Å². The van der Waals surface area contributed by atoms with Gasteiger partial charge in [0.05, 0.1) is 6.54 Å². The van der Waals surface area contributed by atoms with Gasteiger partial charge in [0.2, 0.25) is 5.91 Å². The van der Waals surface area contributed by atoms with Crippen LogP contribution in [-0.4, -0.2) is 74.0 Å². The summed E-state index contributed by atoms with van der Waals surface area (Å²) in [6, 6.07) is 0.205. The van der Waals surface area contributed by atoms with Crippen LogP contribution < -0.4 is 10.6 Å². The van der Waals surface area contributed by atoms with Crippen molar-refractivity contribution in [3.8, 4) is 0 Å². The van der Waals surface area contributed by atoms with Gasteiger partial charge in [0, 0.05) is 45.8 Å². The zero-order valence-electron chi connectivity index (χ0n) is 16.0. The summed E-state index contributed by atoms with van der Waals surface area (Å²) >= 11 is 0. The van der Waals surface area contributed by atoms with Crippen molar-refractivity contribution in [2.45, 2.75) is 46.6 Å². The second-order valence-corrected chi connectivity index (χ2v) is 6.60. The quantitative estimate of drug-likeness (QED) is 0.351. The molecule has 1 rings (SSSR count). The molecule has 0 radical (unpaired) electrons. The average molecular weight is 453 g/mol. The Kier molecular flexibility index (Phi) is 12.4. The average Bonchev–Trinajstić information content (AvgIpc) is 2.52. The number of rotatable bonds is 7. The number of carbonyl (C=O) groups excluding carboxylic acids is 1. The topological polar surface area (TPSA) is 60.0 Å². The molecular weight excluding hydrogens is 417 g/mol. The molecule has 24 heavy (non-hydrogen) atoms. The molecule has 1 heterocycles. The second kappa shape index (κ2) is 12.7. The van der Waals surface area contributed by atoms with E-state index < -0.39 is 0 Å². The van der Waals surface area contributed by atoms with Crippen molar-refractivity contribution in [2.24, 2.45) is 10.9 Å². The number of hydrogen-bond acceptors (Lipinski definition) is 3. The van der Waals surface area contributed by atoms with Crippen LogP contribution in [0.1, 0.15) is 40.5 Å². The molecule has 142 valence electrons. The summed E-state index contributed by atoms with van der Waals surface area (Å²) in [6.07, 6.45) is 2.39. The van der Waals surface area contributed by atoms with Gasteiger partial charge in [-0.1, -0.05) is 26.7 Å². The first-order valence-corrected chi connectivity index (χ1v) is 8.97. The number of carbonyl (C=O) groups is 1. The molecule has 0 aliphatic carbocycles. The molecule has 1 fully saturated rings. The zero-order valence-corrected chi connectivity index (χ0v) is 18.3. The van der Waals surface area contributed by atoms with Gasteiger partial charge in [-0.3, -0.25) is 14.7 Å². The molecule has 0 aromatic heterocycles. The molecule has 0 bridgehead atoms. The molecule has 1 amide bonds. The van der Waals surface area contributed by atoms with E-state index in [4.69, 9.17) is 0 Å². The van der Waals surface area contributed by atoms with E-state index in [-0.39, 0.29) is 35.9 Å². The molecule has 0 aromatic rings. The molecular formula is C17H36IN5O. The van der Waals surface area contributed by atoms with Crippen LogP contribution in [0.15, 0.2) is 4.99 Å². The molecule has 1 saturated heterocycles. The Balaban J connectivity index is 0.00000529. The Bertz CT molecular complexity index is 377. The zero-order chi connectivity index (χ0) is 17.2. The molecule has 0 unspecified atom stereocenters. The summed E-state index contributed by atoms with van der Waals surface area (Å²) in [7, 11) is 1.84. The molecule has 2 N–H and O–H groups in total. The SMILES string of the molecule is CCC(CC)CNC(=NC)N1CCN(CC(=O)NC(C)C)CC1.I. The molecule has 0 saturated carbocycles. The molecule has 0 spiro atoms. The number of aliphatic imine (C=N–C) groups is 1. The predicted molar refractivity (Wildman–Crippen MR) is 112 cm³/mol. The summed E-state index contributed by atoms with van der Waals surface area (Å²) in [6.45, 7) is 13.6. The number of hydrogen-bond donors (Lipinski definition) is 2. The molecule has 0 atom stereocenters. The lowest BCUT2D eigenvalue weighted by Gasteiger charge is -2.36. The fourth-order valence-electron chi connectivity index (χ4n) is 2.83. The van der Waals surface area contributed by atoms with Crippen molar-refractivity contribution in [1.29, 1.82) is 0 Å². The van der Waals surface area contributed by atoms with Crippen molar-refractivity contribution < 1.29 is 4.79 Å². The van der Waals surface area contributed by atoms with Crippen LogP contribution in [0.25, 0.3) is 0 Å². The number of amides is 1. The maximum atomic E-state index is 11.8. The standard InChI is InChI=1S/C17H35N5O.HI/c1-6-15(7-2)12-19-17(18-5)22-10-8-21(9-11-22)13-16(23)20-14(3)4;/h14-15H,6-13H2,1-5H3,(H,18,19)(H,20,23);1H. The Morgan fingerprint density at radius 1 is 1.12 bits per heavy atom. The van der Waals surface area contributed by atoms with Gasteiger partial charge in [-0.15, -0.1) is 24.0 Å². The van der Waals surface area contributed by atoms with Crippen molar-refractivity contribution in [3.63, 3.8) is 0 Å². The van der Waals surface area contributed by atoms with Crippen LogP contribution in [0.5, 0.6) is 0 Å². The van der Waals surface area contributed by atoms with Gasteiger partial charge in [-0.2, -0.15) is 0 Å². The van der Waals surface area contributed by atoms with E-state index >= 15 is 0 Å². The van der Waals surface area contributed by atoms with Gasteiger partial charge in [0.1, 0.15) is 0 Å². The van der Waals surface area contributed by atoms with Crippen LogP contribution in [0.2, 0.25) is 0 Å². The maximum absolute atomic E-state index is 11.8. The van der Waals surface area contributed by atoms with E-state index in [0.717, 1.165) is 38.7 Å². The van der Waals surface area contributed by atoms with Crippen LogP contribution >= 0.6 is 24.0 Å². The van der Waals surface area contributed by atoms with Crippen LogP contribution in [0, 0.1) is 5.92 Å². The fraction of sp³-hybridized carbons (Fsp3) is 0.882. The van der Waals surface area contributed by atoms with Crippen LogP contribution in [-0.2, 0) is 4.79 Å². The predicted octanol–water partition coefficient (Wildman–Crippen LogP) is 1.76. The monoisotopic (exact) mass is 453 g/mol. The first-order chi connectivity index (χ1) is 11.0. The first kappa shape index (κ1) is 23.4. The lowest BCUT2D eigenvalue weighted by atomic mass is 10.0. The normalized spacial score (nSPS) is 16.3. The van der Waals surface area contributed by atoms with E-state index in [0.29, 0.717) is 12.5 Å². The van der Waals surface area contributed by atoms with Gasteiger partial charge in [0.15, 0.2) is 5.96 Å². The lowest BCUT2D eigenvalue weighted by Crippen LogP contribution is -2.54. The number of nitrogens with zero attached hydrogens (tertiary/aromatic N) is 3. The van der Waals surface area contributed by atoms with Crippen molar-refractivity contribution >= 4 is 35.8 Å². The van der Waals surface area contributed by atoms with Crippen LogP contribution in [0.3, 0.4) is 0 Å². The van der Waals surface area contributed by atoms with Crippen LogP contribution in [0.4, 0.5) is 0 Å². The van der Waals surface area contributed by atoms with E-state index in [1.165, 1.54) is 12.8 Å². The number of guanidine groups is 1. The fourth-order valence-corrected chi connectivity index (χ4v) is 2.83. The highest BCUT2D eigenvalue weighted by atomic mass is 127. The summed E-state index contributed by atoms with van der Waals surface area (Å²) in [4.78, 5) is 20.7. The summed E-state index contributed by atoms with van der Waals surface area (Å²) in [5, 5.41) is 6.45. The Labute approximate surface area is 164 Å². The Morgan fingerprint density at radius 3 is 2.17 bits per heavy atom. The number of halogens is 1. The van der Waals surface area contributed by atoms with Crippen molar-refractivity contribution in [1.82, 2.24) is 20.4 Å². The molecule has 0 aromatic carbocycles. The minimum atomic E-state index is 0. The van der Waals surface area contributed by atoms with Gasteiger partial charge in [-0.05, 0) is 19.8 Å². The molecule has 6 nitrogen and oxygen atoms in total. The molecule has 7 heteroatoms. The summed E-state index contributed by atoms with van der Waals surface area (Å²) in [5.41, 5.74) is 0. The summed E-state index contributed by atoms with van der Waals surface area (Å²) < 4.78 is 0. The number of nitrogens with one attached hydrogen (secondary N) is 2. The highest BCUT2D eigenvalue weighted by molar-refractivity contribution is 14.0. The largest absolute Gasteiger partial charge is 0.356 e. The van der Waals surface area contributed by atoms with E-state index in [9.17, 15) is 4.79 Å². The van der Waals surface area contributed by atoms with Gasteiger partial charge in [0.25, 0.3) is 0 Å². The van der Waals surface area contributed by atoms with Crippen molar-refractivity contribution in [2.75, 3.05) is 46.3 Å². The Hall–Kier alpha value is -0.570. The third kappa shape index (κ3) is 8.50. The summed E-state index contributed by atoms with van der Waals surface area (Å²) in [5.74, 6) is 1.81. The molecule has 1 aliphatic rings. The first-order valence-electron chi connectivity index (χ1n) is 8.97. The second-order valence-electron chi connectivity index (χ2n) is 6.60. The maximum Gasteiger partial charge on any atom is 0.234 e. The highest BCUT2D eigenvalue weighted by Gasteiger charge is 2.21.